The molecular weight excluding hydrogens is 249 g/mol. The van der Waals surface area contributed by atoms with Crippen LogP contribution in [0.5, 0.6) is 0 Å². The largest absolute Gasteiger partial charge is 0.389 e. The van der Waals surface area contributed by atoms with Crippen LogP contribution in [0.25, 0.3) is 0 Å². The minimum absolute atomic E-state index is 0.158. The number of aliphatic hydroxyl groups is 1. The molecule has 0 saturated carbocycles. The van der Waals surface area contributed by atoms with E-state index in [9.17, 15) is 14.3 Å². The standard InChI is InChI=1S/C14H20FNO3/c1-10(12-6-4-5-7-13(12)15)14(18)16(2)8-11(17)9-19-3/h4-7,10-11,17H,8-9H2,1-3H3/t10-,11+/m0/s1. The molecule has 5 heteroatoms. The molecule has 19 heavy (non-hydrogen) atoms. The van der Waals surface area contributed by atoms with Crippen molar-refractivity contribution in [3.63, 3.8) is 0 Å². The molecule has 0 unspecified atom stereocenters. The number of aliphatic hydroxyl groups excluding tert-OH is 1. The lowest BCUT2D eigenvalue weighted by Gasteiger charge is -2.24. The highest BCUT2D eigenvalue weighted by Gasteiger charge is 2.23. The van der Waals surface area contributed by atoms with Crippen LogP contribution >= 0.6 is 0 Å². The van der Waals surface area contributed by atoms with Crippen molar-refractivity contribution in [3.05, 3.63) is 35.6 Å². The summed E-state index contributed by atoms with van der Waals surface area (Å²) in [6.45, 7) is 1.97. The van der Waals surface area contributed by atoms with Crippen LogP contribution in [0.4, 0.5) is 4.39 Å². The van der Waals surface area contributed by atoms with E-state index in [0.29, 0.717) is 5.56 Å². The number of carbonyl (C=O) groups is 1. The van der Waals surface area contributed by atoms with Crippen LogP contribution in [0.2, 0.25) is 0 Å². The van der Waals surface area contributed by atoms with Gasteiger partial charge in [-0.05, 0) is 18.6 Å². The summed E-state index contributed by atoms with van der Waals surface area (Å²) in [5.41, 5.74) is 0.362. The summed E-state index contributed by atoms with van der Waals surface area (Å²) in [7, 11) is 3.06. The van der Waals surface area contributed by atoms with Crippen molar-refractivity contribution in [1.82, 2.24) is 4.90 Å². The summed E-state index contributed by atoms with van der Waals surface area (Å²) in [6.07, 6.45) is -0.744. The third-order valence-electron chi connectivity index (χ3n) is 2.96. The number of methoxy groups -OCH3 is 1. The van der Waals surface area contributed by atoms with Gasteiger partial charge in [0.05, 0.1) is 18.6 Å². The summed E-state index contributed by atoms with van der Waals surface area (Å²) >= 11 is 0. The predicted molar refractivity (Wildman–Crippen MR) is 70.3 cm³/mol. The van der Waals surface area contributed by atoms with Gasteiger partial charge in [-0.3, -0.25) is 4.79 Å². The molecular formula is C14H20FNO3. The Morgan fingerprint density at radius 1 is 1.47 bits per heavy atom. The van der Waals surface area contributed by atoms with Crippen molar-refractivity contribution >= 4 is 5.91 Å². The second-order valence-corrected chi connectivity index (χ2v) is 4.57. The van der Waals surface area contributed by atoms with E-state index in [1.807, 2.05) is 0 Å². The van der Waals surface area contributed by atoms with E-state index in [1.165, 1.54) is 18.1 Å². The molecule has 106 valence electrons. The molecule has 4 nitrogen and oxygen atoms in total. The lowest BCUT2D eigenvalue weighted by atomic mass is 9.99. The molecule has 0 aliphatic carbocycles. The maximum absolute atomic E-state index is 13.6. The number of amides is 1. The average Bonchev–Trinajstić information content (AvgIpc) is 2.37. The third-order valence-corrected chi connectivity index (χ3v) is 2.96. The maximum Gasteiger partial charge on any atom is 0.229 e. The fourth-order valence-electron chi connectivity index (χ4n) is 1.94. The molecule has 0 radical (unpaired) electrons. The van der Waals surface area contributed by atoms with Gasteiger partial charge in [-0.15, -0.1) is 0 Å². The number of nitrogens with zero attached hydrogens (tertiary/aromatic N) is 1. The van der Waals surface area contributed by atoms with Gasteiger partial charge in [-0.25, -0.2) is 4.39 Å². The molecule has 0 aliphatic rings. The zero-order chi connectivity index (χ0) is 14.4. The van der Waals surface area contributed by atoms with Gasteiger partial charge in [0.15, 0.2) is 0 Å². The Bertz CT molecular complexity index is 425. The number of hydrogen-bond donors (Lipinski definition) is 1. The first-order chi connectivity index (χ1) is 8.97. The molecule has 1 N–H and O–H groups in total. The molecule has 1 aromatic rings. The molecule has 0 spiro atoms. The number of hydrogen-bond acceptors (Lipinski definition) is 3. The van der Waals surface area contributed by atoms with Crippen LogP contribution in [0.3, 0.4) is 0 Å². The van der Waals surface area contributed by atoms with Gasteiger partial charge in [0, 0.05) is 20.7 Å². The summed E-state index contributed by atoms with van der Waals surface area (Å²) in [5.74, 6) is -1.21. The Kier molecular flexibility index (Phi) is 5.92. The summed E-state index contributed by atoms with van der Waals surface area (Å²) in [4.78, 5) is 13.5. The number of benzene rings is 1. The van der Waals surface area contributed by atoms with Crippen LogP contribution < -0.4 is 0 Å². The second-order valence-electron chi connectivity index (χ2n) is 4.57. The van der Waals surface area contributed by atoms with Gasteiger partial charge in [0.25, 0.3) is 0 Å². The Morgan fingerprint density at radius 2 is 2.11 bits per heavy atom. The van der Waals surface area contributed by atoms with Gasteiger partial charge in [0.2, 0.25) is 5.91 Å². The van der Waals surface area contributed by atoms with Crippen LogP contribution in [-0.2, 0) is 9.53 Å². The third kappa shape index (κ3) is 4.29. The van der Waals surface area contributed by atoms with Crippen LogP contribution in [0.1, 0.15) is 18.4 Å². The van der Waals surface area contributed by atoms with Crippen LogP contribution in [0.15, 0.2) is 24.3 Å². The SMILES string of the molecule is COC[C@H](O)CN(C)C(=O)[C@@H](C)c1ccccc1F. The van der Waals surface area contributed by atoms with Crippen molar-refractivity contribution < 1.29 is 19.0 Å². The van der Waals surface area contributed by atoms with Crippen molar-refractivity contribution in [2.75, 3.05) is 27.3 Å². The van der Waals surface area contributed by atoms with E-state index in [0.717, 1.165) is 0 Å². The topological polar surface area (TPSA) is 49.8 Å². The lowest BCUT2D eigenvalue weighted by molar-refractivity contribution is -0.132. The Morgan fingerprint density at radius 3 is 2.68 bits per heavy atom. The first-order valence-electron chi connectivity index (χ1n) is 6.13. The molecule has 0 heterocycles. The zero-order valence-corrected chi connectivity index (χ0v) is 11.5. The van der Waals surface area contributed by atoms with E-state index in [4.69, 9.17) is 4.74 Å². The second kappa shape index (κ2) is 7.21. The minimum Gasteiger partial charge on any atom is -0.389 e. The predicted octanol–water partition coefficient (Wildman–Crippen LogP) is 1.39. The number of rotatable bonds is 6. The molecule has 1 aromatic carbocycles. The normalized spacial score (nSPS) is 13.9. The number of halogens is 1. The van der Waals surface area contributed by atoms with Gasteiger partial charge in [-0.1, -0.05) is 18.2 Å². The van der Waals surface area contributed by atoms with Crippen molar-refractivity contribution in [2.24, 2.45) is 0 Å². The summed E-state index contributed by atoms with van der Waals surface area (Å²) < 4.78 is 18.4. The first-order valence-corrected chi connectivity index (χ1v) is 6.13. The molecule has 2 atom stereocenters. The number of carbonyl (C=O) groups excluding carboxylic acids is 1. The molecule has 1 rings (SSSR count). The molecule has 0 saturated heterocycles. The van der Waals surface area contributed by atoms with Crippen LogP contribution in [0, 0.1) is 5.82 Å². The zero-order valence-electron chi connectivity index (χ0n) is 11.5. The van der Waals surface area contributed by atoms with Gasteiger partial charge in [0.1, 0.15) is 5.82 Å². The monoisotopic (exact) mass is 269 g/mol. The highest BCUT2D eigenvalue weighted by atomic mass is 19.1. The summed E-state index contributed by atoms with van der Waals surface area (Å²) in [5, 5.41) is 9.58. The van der Waals surface area contributed by atoms with Gasteiger partial charge in [-0.2, -0.15) is 0 Å². The average molecular weight is 269 g/mol. The fourth-order valence-corrected chi connectivity index (χ4v) is 1.94. The Labute approximate surface area is 112 Å². The number of ether oxygens (including phenoxy) is 1. The molecule has 0 aromatic heterocycles. The highest BCUT2D eigenvalue weighted by molar-refractivity contribution is 5.83. The van der Waals surface area contributed by atoms with Crippen molar-refractivity contribution in [1.29, 1.82) is 0 Å². The highest BCUT2D eigenvalue weighted by Crippen LogP contribution is 2.20. The molecule has 0 aliphatic heterocycles. The summed E-state index contributed by atoms with van der Waals surface area (Å²) in [6, 6.07) is 6.21. The Hall–Kier alpha value is -1.46. The maximum atomic E-state index is 13.6. The van der Waals surface area contributed by atoms with E-state index >= 15 is 0 Å². The quantitative estimate of drug-likeness (QED) is 0.849. The van der Waals surface area contributed by atoms with Crippen molar-refractivity contribution in [3.8, 4) is 0 Å². The van der Waals surface area contributed by atoms with E-state index < -0.39 is 17.8 Å². The first kappa shape index (κ1) is 15.6. The van der Waals surface area contributed by atoms with E-state index in [2.05, 4.69) is 0 Å². The van der Waals surface area contributed by atoms with Crippen molar-refractivity contribution in [2.45, 2.75) is 18.9 Å². The fraction of sp³-hybridized carbons (Fsp3) is 0.500. The number of likely N-dealkylation sites (N-methyl/N-ethyl adjacent to an activating group) is 1. The Balaban J connectivity index is 2.69. The molecule has 0 fully saturated rings. The van der Waals surface area contributed by atoms with Gasteiger partial charge >= 0.3 is 0 Å². The minimum atomic E-state index is -0.744. The van der Waals surface area contributed by atoms with Crippen LogP contribution in [-0.4, -0.2) is 49.3 Å². The lowest BCUT2D eigenvalue weighted by Crippen LogP contribution is -2.38. The van der Waals surface area contributed by atoms with E-state index in [-0.39, 0.29) is 19.1 Å². The van der Waals surface area contributed by atoms with E-state index in [1.54, 1.807) is 32.2 Å². The van der Waals surface area contributed by atoms with Gasteiger partial charge < -0.3 is 14.7 Å². The smallest absolute Gasteiger partial charge is 0.229 e. The molecule has 0 bridgehead atoms. The molecule has 1 amide bonds.